The first-order valence-corrected chi connectivity index (χ1v) is 11.6. The first kappa shape index (κ1) is 27.0. The predicted molar refractivity (Wildman–Crippen MR) is 142 cm³/mol. The zero-order valence-electron chi connectivity index (χ0n) is 20.8. The molecule has 3 rings (SSSR count). The molecule has 0 amide bonds. The average molecular weight is 503 g/mol. The summed E-state index contributed by atoms with van der Waals surface area (Å²) in [6, 6.07) is 22.4. The number of aliphatic hydroxyl groups excluding tert-OH is 1. The Morgan fingerprint density at radius 3 is 2.32 bits per heavy atom. The number of rotatable bonds is 13. The van der Waals surface area contributed by atoms with Gasteiger partial charge in [-0.1, -0.05) is 53.2 Å². The third kappa shape index (κ3) is 8.24. The van der Waals surface area contributed by atoms with Crippen molar-refractivity contribution in [1.29, 1.82) is 5.41 Å². The lowest BCUT2D eigenvalue weighted by Gasteiger charge is -2.15. The molecule has 8 heteroatoms. The van der Waals surface area contributed by atoms with Gasteiger partial charge in [0.15, 0.2) is 0 Å². The van der Waals surface area contributed by atoms with E-state index in [2.05, 4.69) is 5.16 Å². The molecule has 192 valence electrons. The number of benzene rings is 3. The minimum atomic E-state index is -1.02. The summed E-state index contributed by atoms with van der Waals surface area (Å²) in [6.45, 7) is 2.61. The molecule has 3 aromatic rings. The Kier molecular flexibility index (Phi) is 9.84. The lowest BCUT2D eigenvalue weighted by Crippen LogP contribution is -2.14. The number of aryl methyl sites for hydroxylation is 1. The molecular weight excluding hydrogens is 472 g/mol. The van der Waals surface area contributed by atoms with Crippen molar-refractivity contribution in [2.24, 2.45) is 5.16 Å². The topological polar surface area (TPSA) is 121 Å². The van der Waals surface area contributed by atoms with Crippen molar-refractivity contribution in [2.45, 2.75) is 25.9 Å². The van der Waals surface area contributed by atoms with Crippen LogP contribution < -0.4 is 9.47 Å². The van der Waals surface area contributed by atoms with Gasteiger partial charge < -0.3 is 29.9 Å². The molecule has 1 unspecified atom stereocenters. The van der Waals surface area contributed by atoms with Crippen LogP contribution in [0, 0.1) is 12.3 Å². The molecule has 0 saturated carbocycles. The lowest BCUT2D eigenvalue weighted by molar-refractivity contribution is -0.137. The number of aliphatic carboxylic acids is 1. The van der Waals surface area contributed by atoms with Crippen molar-refractivity contribution >= 4 is 17.4 Å². The Labute approximate surface area is 215 Å². The van der Waals surface area contributed by atoms with Gasteiger partial charge in [0.2, 0.25) is 0 Å². The maximum Gasteiger partial charge on any atom is 0.304 e. The molecule has 37 heavy (non-hydrogen) atoms. The molecule has 0 fully saturated rings. The molecule has 1 atom stereocenters. The van der Waals surface area contributed by atoms with Gasteiger partial charge in [-0.3, -0.25) is 4.79 Å². The zero-order valence-corrected chi connectivity index (χ0v) is 20.8. The molecule has 3 aromatic carbocycles. The molecule has 8 nitrogen and oxygen atoms in total. The summed E-state index contributed by atoms with van der Waals surface area (Å²) in [5.41, 5.74) is 4.36. The van der Waals surface area contributed by atoms with Crippen molar-refractivity contribution in [3.63, 3.8) is 0 Å². The number of nitrogens with zero attached hydrogens (tertiary/aromatic N) is 1. The van der Waals surface area contributed by atoms with Crippen LogP contribution in [-0.2, 0) is 16.2 Å². The maximum absolute atomic E-state index is 11.2. The third-order valence-electron chi connectivity index (χ3n) is 5.55. The Morgan fingerprint density at radius 2 is 1.70 bits per heavy atom. The van der Waals surface area contributed by atoms with Crippen LogP contribution in [0.4, 0.5) is 0 Å². The highest BCUT2D eigenvalue weighted by atomic mass is 16.6. The van der Waals surface area contributed by atoms with E-state index in [9.17, 15) is 4.79 Å². The third-order valence-corrected chi connectivity index (χ3v) is 5.55. The normalized spacial score (nSPS) is 12.2. The molecule has 0 saturated heterocycles. The maximum atomic E-state index is 11.2. The molecule has 3 N–H and O–H groups in total. The lowest BCUT2D eigenvalue weighted by atomic mass is 9.91. The van der Waals surface area contributed by atoms with Gasteiger partial charge in [0.25, 0.3) is 0 Å². The van der Waals surface area contributed by atoms with Crippen molar-refractivity contribution in [3.8, 4) is 11.5 Å². The number of hydrogen-bond donors (Lipinski definition) is 3. The average Bonchev–Trinajstić information content (AvgIpc) is 2.89. The van der Waals surface area contributed by atoms with Gasteiger partial charge in [-0.2, -0.15) is 0 Å². The van der Waals surface area contributed by atoms with E-state index in [1.165, 1.54) is 13.2 Å². The summed E-state index contributed by atoms with van der Waals surface area (Å²) in [5, 5.41) is 30.2. The number of carboxylic acid groups (broad SMARTS) is 1. The highest BCUT2D eigenvalue weighted by molar-refractivity contribution is 6.01. The van der Waals surface area contributed by atoms with Crippen molar-refractivity contribution in [2.75, 3.05) is 13.7 Å². The van der Waals surface area contributed by atoms with Gasteiger partial charge in [-0.05, 0) is 54.5 Å². The van der Waals surface area contributed by atoms with Crippen LogP contribution in [0.5, 0.6) is 11.5 Å². The highest BCUT2D eigenvalue weighted by Gasteiger charge is 2.19. The fourth-order valence-electron chi connectivity index (χ4n) is 3.67. The Balaban J connectivity index is 1.57. The van der Waals surface area contributed by atoms with Crippen LogP contribution in [0.2, 0.25) is 0 Å². The number of oxime groups is 1. The van der Waals surface area contributed by atoms with Crippen LogP contribution in [0.1, 0.15) is 34.6 Å². The van der Waals surface area contributed by atoms with E-state index >= 15 is 0 Å². The minimum absolute atomic E-state index is 0.0142. The summed E-state index contributed by atoms with van der Waals surface area (Å²) in [6.07, 6.45) is 1.67. The number of hydrogen-bond acceptors (Lipinski definition) is 7. The first-order valence-electron chi connectivity index (χ1n) is 11.6. The molecule has 0 spiro atoms. The first-order chi connectivity index (χ1) is 17.9. The van der Waals surface area contributed by atoms with E-state index in [-0.39, 0.29) is 18.7 Å². The summed E-state index contributed by atoms with van der Waals surface area (Å²) < 4.78 is 11.8. The van der Waals surface area contributed by atoms with Crippen LogP contribution in [0.25, 0.3) is 0 Å². The standard InChI is InChI=1S/C29H30N2O6/c1-20-4-3-5-23(16-20)28(31-35-2)19-37-24-10-6-21(7-11-24)18-36-25-12-8-22(9-13-25)26(17-29(33)34)27(30)14-15-32/h3-16,26,30,32H,17-19H2,1-2H3,(H,33,34)/b15-14-,30-27?,31-28+. The van der Waals surface area contributed by atoms with E-state index in [1.54, 1.807) is 24.3 Å². The number of aliphatic hydroxyl groups is 1. The molecule has 0 aliphatic heterocycles. The molecule has 0 aromatic heterocycles. The number of allylic oxidation sites excluding steroid dienone is 1. The Hall–Kier alpha value is -4.59. The molecule has 0 aliphatic rings. The van der Waals surface area contributed by atoms with Crippen LogP contribution in [-0.4, -0.2) is 41.3 Å². The SMILES string of the molecule is CO/N=C(\COc1ccc(COc2ccc(C(CC(=O)O)C(=N)/C=C\O)cc2)cc1)c1cccc(C)c1. The smallest absolute Gasteiger partial charge is 0.304 e. The molecule has 0 bridgehead atoms. The van der Waals surface area contributed by atoms with E-state index in [4.69, 9.17) is 29.9 Å². The van der Waals surface area contributed by atoms with Gasteiger partial charge >= 0.3 is 5.97 Å². The summed E-state index contributed by atoms with van der Waals surface area (Å²) >= 11 is 0. The summed E-state index contributed by atoms with van der Waals surface area (Å²) in [4.78, 5) is 16.2. The predicted octanol–water partition coefficient (Wildman–Crippen LogP) is 5.65. The molecule has 0 heterocycles. The second kappa shape index (κ2) is 13.5. The van der Waals surface area contributed by atoms with E-state index in [1.807, 2.05) is 55.5 Å². The fraction of sp³-hybridized carbons (Fsp3) is 0.207. The van der Waals surface area contributed by atoms with Gasteiger partial charge in [-0.25, -0.2) is 0 Å². The molecule has 0 radical (unpaired) electrons. The molecular formula is C29H30N2O6. The number of ether oxygens (including phenoxy) is 2. The summed E-state index contributed by atoms with van der Waals surface area (Å²) in [7, 11) is 1.51. The van der Waals surface area contributed by atoms with Crippen LogP contribution in [0.15, 0.2) is 90.3 Å². The number of carbonyl (C=O) groups is 1. The quantitative estimate of drug-likeness (QED) is 0.158. The monoisotopic (exact) mass is 502 g/mol. The Morgan fingerprint density at radius 1 is 1.03 bits per heavy atom. The number of carboxylic acids is 1. The zero-order chi connectivity index (χ0) is 26.6. The molecule has 0 aliphatic carbocycles. The summed E-state index contributed by atoms with van der Waals surface area (Å²) in [5.74, 6) is -0.386. The fourth-order valence-corrected chi connectivity index (χ4v) is 3.67. The highest BCUT2D eigenvalue weighted by Crippen LogP contribution is 2.25. The number of nitrogens with one attached hydrogen (secondary N) is 1. The van der Waals surface area contributed by atoms with Crippen LogP contribution in [0.3, 0.4) is 0 Å². The van der Waals surface area contributed by atoms with E-state index < -0.39 is 11.9 Å². The Bertz CT molecular complexity index is 1250. The van der Waals surface area contributed by atoms with Crippen molar-refractivity contribution in [1.82, 2.24) is 0 Å². The second-order valence-electron chi connectivity index (χ2n) is 8.30. The largest absolute Gasteiger partial charge is 0.516 e. The van der Waals surface area contributed by atoms with Gasteiger partial charge in [0, 0.05) is 17.2 Å². The van der Waals surface area contributed by atoms with Crippen molar-refractivity contribution < 1.29 is 29.3 Å². The van der Waals surface area contributed by atoms with Gasteiger partial charge in [0.1, 0.15) is 37.5 Å². The minimum Gasteiger partial charge on any atom is -0.516 e. The van der Waals surface area contributed by atoms with Gasteiger partial charge in [-0.15, -0.1) is 0 Å². The van der Waals surface area contributed by atoms with E-state index in [0.717, 1.165) is 23.0 Å². The van der Waals surface area contributed by atoms with Crippen molar-refractivity contribution in [3.05, 3.63) is 107 Å². The van der Waals surface area contributed by atoms with Crippen LogP contribution >= 0.6 is 0 Å². The second-order valence-corrected chi connectivity index (χ2v) is 8.30. The van der Waals surface area contributed by atoms with E-state index in [0.29, 0.717) is 29.4 Å². The van der Waals surface area contributed by atoms with Gasteiger partial charge in [0.05, 0.1) is 12.7 Å².